The SMILES string of the molecule is Cc1cnc(-c2cccc3c2oc2nc(-c4c(C(C)C)cccc4C(C)C)ccc23)cc1CC(C)(C)C. The monoisotopic (exact) mass is 490 g/mol. The Hall–Kier alpha value is -3.46. The summed E-state index contributed by atoms with van der Waals surface area (Å²) in [6.07, 6.45) is 2.99. The van der Waals surface area contributed by atoms with Gasteiger partial charge in [0, 0.05) is 28.1 Å². The van der Waals surface area contributed by atoms with Gasteiger partial charge >= 0.3 is 0 Å². The molecule has 5 rings (SSSR count). The smallest absolute Gasteiger partial charge is 0.227 e. The van der Waals surface area contributed by atoms with Crippen LogP contribution in [0.3, 0.4) is 0 Å². The Morgan fingerprint density at radius 3 is 2.14 bits per heavy atom. The van der Waals surface area contributed by atoms with Gasteiger partial charge in [-0.05, 0) is 77.1 Å². The van der Waals surface area contributed by atoms with Gasteiger partial charge in [0.15, 0.2) is 0 Å². The third-order valence-corrected chi connectivity index (χ3v) is 7.20. The van der Waals surface area contributed by atoms with Gasteiger partial charge < -0.3 is 4.42 Å². The van der Waals surface area contributed by atoms with Crippen LogP contribution in [0.5, 0.6) is 0 Å². The third kappa shape index (κ3) is 4.80. The molecule has 0 N–H and O–H groups in total. The summed E-state index contributed by atoms with van der Waals surface area (Å²) in [5, 5.41) is 2.11. The molecule has 0 aliphatic carbocycles. The summed E-state index contributed by atoms with van der Waals surface area (Å²) in [6.45, 7) is 18.0. The van der Waals surface area contributed by atoms with Crippen LogP contribution in [-0.4, -0.2) is 9.97 Å². The molecule has 0 amide bonds. The van der Waals surface area contributed by atoms with Crippen molar-refractivity contribution in [1.82, 2.24) is 9.97 Å². The number of fused-ring (bicyclic) bond motifs is 3. The largest absolute Gasteiger partial charge is 0.437 e. The molecule has 0 saturated heterocycles. The molecule has 0 atom stereocenters. The quantitative estimate of drug-likeness (QED) is 0.246. The molecule has 2 aromatic carbocycles. The third-order valence-electron chi connectivity index (χ3n) is 7.20. The molecule has 0 unspecified atom stereocenters. The first kappa shape index (κ1) is 25.2. The number of hydrogen-bond acceptors (Lipinski definition) is 3. The van der Waals surface area contributed by atoms with Crippen molar-refractivity contribution in [2.75, 3.05) is 0 Å². The fourth-order valence-corrected chi connectivity index (χ4v) is 5.34. The van der Waals surface area contributed by atoms with Gasteiger partial charge in [-0.2, -0.15) is 0 Å². The van der Waals surface area contributed by atoms with Crippen molar-refractivity contribution < 1.29 is 4.42 Å². The summed E-state index contributed by atoms with van der Waals surface area (Å²) < 4.78 is 6.52. The summed E-state index contributed by atoms with van der Waals surface area (Å²) in [7, 11) is 0. The number of pyridine rings is 2. The van der Waals surface area contributed by atoms with E-state index < -0.39 is 0 Å². The second-order valence-corrected chi connectivity index (χ2v) is 12.2. The van der Waals surface area contributed by atoms with Crippen LogP contribution in [0.25, 0.3) is 44.6 Å². The Balaban J connectivity index is 1.68. The predicted octanol–water partition coefficient (Wildman–Crippen LogP) is 9.85. The number of rotatable bonds is 5. The van der Waals surface area contributed by atoms with E-state index in [1.807, 2.05) is 6.20 Å². The maximum atomic E-state index is 6.52. The highest BCUT2D eigenvalue weighted by molar-refractivity contribution is 6.08. The first-order valence-electron chi connectivity index (χ1n) is 13.4. The minimum absolute atomic E-state index is 0.205. The average molecular weight is 491 g/mol. The number of benzene rings is 2. The second-order valence-electron chi connectivity index (χ2n) is 12.2. The standard InChI is InChI=1S/C34H38N2O/c1-20(2)24-11-9-12-25(21(3)4)31(24)29-16-15-27-26-13-10-14-28(32(26)37-33(27)36-29)30-17-23(18-34(6,7)8)22(5)19-35-30/h9-17,19-21H,18H2,1-8H3. The van der Waals surface area contributed by atoms with Gasteiger partial charge in [0.05, 0.1) is 11.4 Å². The fourth-order valence-electron chi connectivity index (χ4n) is 5.34. The van der Waals surface area contributed by atoms with E-state index in [0.29, 0.717) is 17.5 Å². The molecule has 3 heteroatoms. The van der Waals surface area contributed by atoms with Crippen molar-refractivity contribution >= 4 is 22.1 Å². The summed E-state index contributed by atoms with van der Waals surface area (Å²) in [5.74, 6) is 0.812. The minimum Gasteiger partial charge on any atom is -0.437 e. The van der Waals surface area contributed by atoms with Crippen molar-refractivity contribution in [3.05, 3.63) is 83.0 Å². The topological polar surface area (TPSA) is 38.9 Å². The van der Waals surface area contributed by atoms with Gasteiger partial charge in [0.2, 0.25) is 5.71 Å². The van der Waals surface area contributed by atoms with E-state index in [1.54, 1.807) is 0 Å². The molecular formula is C34H38N2O. The summed E-state index contributed by atoms with van der Waals surface area (Å²) in [4.78, 5) is 9.90. The zero-order chi connectivity index (χ0) is 26.5. The predicted molar refractivity (Wildman–Crippen MR) is 156 cm³/mol. The van der Waals surface area contributed by atoms with E-state index >= 15 is 0 Å². The zero-order valence-corrected chi connectivity index (χ0v) is 23.4. The lowest BCUT2D eigenvalue weighted by molar-refractivity contribution is 0.410. The van der Waals surface area contributed by atoms with Crippen molar-refractivity contribution in [2.24, 2.45) is 5.41 Å². The van der Waals surface area contributed by atoms with E-state index in [1.165, 1.54) is 27.8 Å². The van der Waals surface area contributed by atoms with Crippen LogP contribution >= 0.6 is 0 Å². The van der Waals surface area contributed by atoms with E-state index in [0.717, 1.165) is 39.7 Å². The maximum Gasteiger partial charge on any atom is 0.227 e. The number of para-hydroxylation sites is 1. The Labute approximate surface area is 221 Å². The van der Waals surface area contributed by atoms with E-state index in [9.17, 15) is 0 Å². The molecule has 0 spiro atoms. The van der Waals surface area contributed by atoms with Gasteiger partial charge in [0.1, 0.15) is 5.58 Å². The van der Waals surface area contributed by atoms with Crippen molar-refractivity contribution in [3.63, 3.8) is 0 Å². The van der Waals surface area contributed by atoms with Crippen LogP contribution < -0.4 is 0 Å². The van der Waals surface area contributed by atoms with Crippen LogP contribution in [0.1, 0.15) is 82.6 Å². The fraction of sp³-hybridized carbons (Fsp3) is 0.353. The molecular weight excluding hydrogens is 452 g/mol. The lowest BCUT2D eigenvalue weighted by Gasteiger charge is -2.20. The summed E-state index contributed by atoms with van der Waals surface area (Å²) >= 11 is 0. The molecule has 190 valence electrons. The summed E-state index contributed by atoms with van der Waals surface area (Å²) in [6, 6.07) is 19.5. The Morgan fingerprint density at radius 2 is 1.49 bits per heavy atom. The molecule has 3 aromatic heterocycles. The molecule has 3 nitrogen and oxygen atoms in total. The van der Waals surface area contributed by atoms with Crippen LogP contribution in [-0.2, 0) is 6.42 Å². The molecule has 5 aromatic rings. The molecule has 0 saturated carbocycles. The van der Waals surface area contributed by atoms with E-state index in [4.69, 9.17) is 14.4 Å². The summed E-state index contributed by atoms with van der Waals surface area (Å²) in [5.41, 5.74) is 11.1. The zero-order valence-electron chi connectivity index (χ0n) is 23.4. The Morgan fingerprint density at radius 1 is 0.811 bits per heavy atom. The van der Waals surface area contributed by atoms with Crippen LogP contribution in [0, 0.1) is 12.3 Å². The van der Waals surface area contributed by atoms with Crippen LogP contribution in [0.4, 0.5) is 0 Å². The minimum atomic E-state index is 0.205. The van der Waals surface area contributed by atoms with Gasteiger partial charge in [-0.3, -0.25) is 4.98 Å². The highest BCUT2D eigenvalue weighted by Crippen LogP contribution is 2.39. The lowest BCUT2D eigenvalue weighted by Crippen LogP contribution is -2.10. The highest BCUT2D eigenvalue weighted by atomic mass is 16.3. The second kappa shape index (κ2) is 9.45. The molecule has 0 aliphatic rings. The molecule has 3 heterocycles. The first-order valence-corrected chi connectivity index (χ1v) is 13.4. The van der Waals surface area contributed by atoms with Crippen LogP contribution in [0.15, 0.2) is 65.2 Å². The number of nitrogens with zero attached hydrogens (tertiary/aromatic N) is 2. The molecule has 0 aliphatic heterocycles. The Bertz CT molecular complexity index is 1570. The Kier molecular flexibility index (Phi) is 6.43. The molecule has 0 radical (unpaired) electrons. The van der Waals surface area contributed by atoms with E-state index in [2.05, 4.69) is 110 Å². The number of hydrogen-bond donors (Lipinski definition) is 0. The van der Waals surface area contributed by atoms with Crippen molar-refractivity contribution in [1.29, 1.82) is 0 Å². The number of furan rings is 1. The van der Waals surface area contributed by atoms with Crippen molar-refractivity contribution in [2.45, 2.75) is 73.6 Å². The number of aryl methyl sites for hydroxylation is 1. The normalized spacial score (nSPS) is 12.4. The molecule has 37 heavy (non-hydrogen) atoms. The van der Waals surface area contributed by atoms with E-state index in [-0.39, 0.29) is 5.41 Å². The molecule has 0 bridgehead atoms. The van der Waals surface area contributed by atoms with Gasteiger partial charge in [-0.25, -0.2) is 4.98 Å². The first-order chi connectivity index (χ1) is 17.5. The highest BCUT2D eigenvalue weighted by Gasteiger charge is 2.20. The average Bonchev–Trinajstić information content (AvgIpc) is 3.22. The lowest BCUT2D eigenvalue weighted by atomic mass is 9.86. The molecule has 0 fully saturated rings. The van der Waals surface area contributed by atoms with Gasteiger partial charge in [-0.1, -0.05) is 78.8 Å². The van der Waals surface area contributed by atoms with Gasteiger partial charge in [-0.15, -0.1) is 0 Å². The van der Waals surface area contributed by atoms with Crippen LogP contribution in [0.2, 0.25) is 0 Å². The van der Waals surface area contributed by atoms with Gasteiger partial charge in [0.25, 0.3) is 0 Å². The van der Waals surface area contributed by atoms with Crippen molar-refractivity contribution in [3.8, 4) is 22.5 Å². The maximum absolute atomic E-state index is 6.52. The number of aromatic nitrogens is 2.